The number of amides is 3. The summed E-state index contributed by atoms with van der Waals surface area (Å²) in [6, 6.07) is 17.9. The summed E-state index contributed by atoms with van der Waals surface area (Å²) in [6.45, 7) is 13.9. The van der Waals surface area contributed by atoms with Crippen molar-refractivity contribution in [2.75, 3.05) is 50.8 Å². The van der Waals surface area contributed by atoms with Crippen molar-refractivity contribution in [3.05, 3.63) is 94.3 Å². The Labute approximate surface area is 427 Å². The zero-order chi connectivity index (χ0) is 51.0. The number of halogens is 2. The summed E-state index contributed by atoms with van der Waals surface area (Å²) in [4.78, 5) is 61.9. The van der Waals surface area contributed by atoms with Gasteiger partial charge in [-0.25, -0.2) is 9.37 Å². The highest BCUT2D eigenvalue weighted by Crippen LogP contribution is 2.43. The largest absolute Gasteiger partial charge is 0.508 e. The van der Waals surface area contributed by atoms with E-state index in [1.807, 2.05) is 95.6 Å². The van der Waals surface area contributed by atoms with Crippen LogP contribution in [0.15, 0.2) is 72.2 Å². The number of β-amino-alcohol motifs (C(OH)–C–C–N with tert-alkyl or cyclic N) is 1. The Hall–Kier alpha value is -5.98. The summed E-state index contributed by atoms with van der Waals surface area (Å²) in [5, 5.41) is 29.4. The normalized spacial score (nSPS) is 19.0. The molecule has 18 heteroatoms. The average molecular weight is 1020 g/mol. The Morgan fingerprint density at radius 2 is 1.69 bits per heavy atom. The van der Waals surface area contributed by atoms with Gasteiger partial charge in [-0.3, -0.25) is 19.3 Å². The number of carbonyl (C=O) groups is 3. The van der Waals surface area contributed by atoms with Gasteiger partial charge in [0.05, 0.1) is 39.4 Å². The van der Waals surface area contributed by atoms with Crippen LogP contribution in [0.5, 0.6) is 11.8 Å². The van der Waals surface area contributed by atoms with Gasteiger partial charge in [0, 0.05) is 56.6 Å². The molecule has 0 bridgehead atoms. The van der Waals surface area contributed by atoms with Gasteiger partial charge in [-0.1, -0.05) is 80.9 Å². The fourth-order valence-corrected chi connectivity index (χ4v) is 11.2. The van der Waals surface area contributed by atoms with Crippen LogP contribution < -0.4 is 20.3 Å². The summed E-state index contributed by atoms with van der Waals surface area (Å²) in [5.41, 5.74) is 4.61. The molecule has 72 heavy (non-hydrogen) atoms. The fourth-order valence-electron chi connectivity index (χ4n) is 10.1. The van der Waals surface area contributed by atoms with E-state index in [1.165, 1.54) is 11.0 Å². The van der Waals surface area contributed by atoms with Crippen molar-refractivity contribution in [1.29, 1.82) is 0 Å². The number of piperidine rings is 1. The molecular formula is C54H62ClFN8O7S. The maximum absolute atomic E-state index is 17.0. The highest BCUT2D eigenvalue weighted by Gasteiger charge is 2.45. The molecule has 6 aromatic rings. The maximum atomic E-state index is 17.0. The number of phenols is 1. The van der Waals surface area contributed by atoms with Crippen molar-refractivity contribution in [3.63, 3.8) is 0 Å². The summed E-state index contributed by atoms with van der Waals surface area (Å²) < 4.78 is 29.3. The minimum absolute atomic E-state index is 0.0128. The Morgan fingerprint density at radius 1 is 0.958 bits per heavy atom. The van der Waals surface area contributed by atoms with Gasteiger partial charge in [0.1, 0.15) is 41.9 Å². The zero-order valence-corrected chi connectivity index (χ0v) is 43.0. The van der Waals surface area contributed by atoms with Crippen molar-refractivity contribution >= 4 is 68.2 Å². The molecule has 3 fully saturated rings. The summed E-state index contributed by atoms with van der Waals surface area (Å²) in [6.07, 6.45) is 1.53. The second-order valence-corrected chi connectivity index (χ2v) is 21.8. The molecular weight excluding hydrogens is 959 g/mol. The van der Waals surface area contributed by atoms with E-state index < -0.39 is 47.3 Å². The summed E-state index contributed by atoms with van der Waals surface area (Å²) in [7, 11) is 0. The van der Waals surface area contributed by atoms with Crippen LogP contribution in [0.4, 0.5) is 10.2 Å². The molecule has 4 aromatic carbocycles. The number of aromatic nitrogens is 3. The van der Waals surface area contributed by atoms with E-state index >= 15 is 4.39 Å². The monoisotopic (exact) mass is 1020 g/mol. The lowest BCUT2D eigenvalue weighted by atomic mass is 9.85. The van der Waals surface area contributed by atoms with Gasteiger partial charge in [-0.2, -0.15) is 9.97 Å². The Morgan fingerprint density at radius 3 is 2.40 bits per heavy atom. The maximum Gasteiger partial charge on any atom is 0.319 e. The highest BCUT2D eigenvalue weighted by atomic mass is 35.5. The fraction of sp³-hybridized carbons (Fsp3) is 0.444. The first-order valence-corrected chi connectivity index (χ1v) is 25.9. The van der Waals surface area contributed by atoms with Crippen LogP contribution in [0, 0.1) is 18.2 Å². The molecule has 3 aliphatic rings. The van der Waals surface area contributed by atoms with Crippen LogP contribution in [-0.4, -0.2) is 129 Å². The van der Waals surface area contributed by atoms with E-state index in [4.69, 9.17) is 26.1 Å². The van der Waals surface area contributed by atoms with Crippen LogP contribution in [0.1, 0.15) is 77.6 Å². The Balaban J connectivity index is 0.802. The topological polar surface area (TPSA) is 183 Å². The number of rotatable bonds is 15. The zero-order valence-electron chi connectivity index (χ0n) is 41.5. The van der Waals surface area contributed by atoms with Crippen molar-refractivity contribution in [1.82, 2.24) is 35.4 Å². The van der Waals surface area contributed by atoms with E-state index in [2.05, 4.69) is 30.4 Å². The number of thiazole rings is 1. The number of aromatic hydroxyl groups is 1. The standard InChI is InChI=1S/C54H62ClFN8O7S/c1-30(71-53-60-47-41(50(61-53)63-18-10-7-11-19-63)23-42(55)45(46(47)56)40-21-36(65)20-35-12-8-9-13-39(35)40)24-62-26-38(27-62)70-28-44(67)59-49(54(4,5)6)52(69)64-25-37(66)22-43(64)51(68)58-31(2)33-14-16-34(17-15-33)48-32(3)57-29-72-48/h8-9,12-17,20-21,23,29-31,37-38,43,49,65-66H,7,10-11,18-19,22,24-28H2,1-6H3,(H,58,68)(H,59,67)/t30-,31+,37-,43+,49-/m1/s1. The molecule has 9 rings (SSSR count). The minimum Gasteiger partial charge on any atom is -0.508 e. The molecule has 0 radical (unpaired) electrons. The van der Waals surface area contributed by atoms with Crippen molar-refractivity contribution in [2.24, 2.45) is 5.41 Å². The van der Waals surface area contributed by atoms with Crippen LogP contribution in [0.25, 0.3) is 43.2 Å². The van der Waals surface area contributed by atoms with Gasteiger partial charge in [-0.05, 0) is 91.1 Å². The molecule has 3 aliphatic heterocycles. The number of nitrogens with zero attached hydrogens (tertiary/aromatic N) is 6. The van der Waals surface area contributed by atoms with Crippen LogP contribution in [-0.2, 0) is 19.1 Å². The first kappa shape index (κ1) is 50.9. The number of hydrogen-bond donors (Lipinski definition) is 4. The van der Waals surface area contributed by atoms with Gasteiger partial charge in [0.25, 0.3) is 0 Å². The molecule has 5 atom stereocenters. The predicted octanol–water partition coefficient (Wildman–Crippen LogP) is 8.21. The smallest absolute Gasteiger partial charge is 0.319 e. The molecule has 3 saturated heterocycles. The van der Waals surface area contributed by atoms with Crippen LogP contribution in [0.2, 0.25) is 5.02 Å². The summed E-state index contributed by atoms with van der Waals surface area (Å²) in [5.74, 6) is -1.41. The van der Waals surface area contributed by atoms with E-state index in [1.54, 1.807) is 23.5 Å². The quantitative estimate of drug-likeness (QED) is 0.0775. The first-order valence-electron chi connectivity index (χ1n) is 24.7. The number of carbonyl (C=O) groups excluding carboxylic acids is 3. The molecule has 5 heterocycles. The van der Waals surface area contributed by atoms with E-state index in [-0.39, 0.29) is 65.5 Å². The van der Waals surface area contributed by atoms with Gasteiger partial charge >= 0.3 is 6.01 Å². The molecule has 15 nitrogen and oxygen atoms in total. The number of fused-ring (bicyclic) bond motifs is 2. The third-order valence-corrected chi connectivity index (χ3v) is 15.1. The third-order valence-electron chi connectivity index (χ3n) is 13.9. The van der Waals surface area contributed by atoms with E-state index in [9.17, 15) is 24.6 Å². The second-order valence-electron chi connectivity index (χ2n) is 20.5. The number of aryl methyl sites for hydroxylation is 1. The Bertz CT molecular complexity index is 2980. The second kappa shape index (κ2) is 21.2. The number of aliphatic hydroxyl groups is 1. The number of anilines is 1. The molecule has 4 N–H and O–H groups in total. The minimum atomic E-state index is -0.998. The van der Waals surface area contributed by atoms with E-state index in [0.29, 0.717) is 36.4 Å². The lowest BCUT2D eigenvalue weighted by Crippen LogP contribution is -2.59. The molecule has 0 unspecified atom stereocenters. The molecule has 380 valence electrons. The lowest BCUT2D eigenvalue weighted by molar-refractivity contribution is -0.146. The number of hydrogen-bond acceptors (Lipinski definition) is 13. The first-order chi connectivity index (χ1) is 34.4. The van der Waals surface area contributed by atoms with Crippen LogP contribution >= 0.6 is 22.9 Å². The van der Waals surface area contributed by atoms with E-state index in [0.717, 1.165) is 64.8 Å². The van der Waals surface area contributed by atoms with Crippen molar-refractivity contribution in [3.8, 4) is 33.3 Å². The Kier molecular flexibility index (Phi) is 15.0. The van der Waals surface area contributed by atoms with Crippen molar-refractivity contribution < 1.29 is 38.5 Å². The molecule has 0 saturated carbocycles. The SMILES string of the molecule is Cc1ncsc1-c1ccc([C@H](C)NC(=O)[C@@H]2C[C@@H](O)CN2C(=O)[C@@H](NC(=O)COC2CN(C[C@@H](C)Oc3nc(N4CCCCC4)c4cc(Cl)c(-c5cc(O)cc6ccccc56)c(F)c4n3)C2)C(C)(C)C)cc1. The van der Waals surface area contributed by atoms with Gasteiger partial charge in [0.2, 0.25) is 17.7 Å². The van der Waals surface area contributed by atoms with Gasteiger partial charge in [0.15, 0.2) is 5.82 Å². The summed E-state index contributed by atoms with van der Waals surface area (Å²) >= 11 is 8.47. The number of likely N-dealkylation sites (tertiary alicyclic amines) is 2. The predicted molar refractivity (Wildman–Crippen MR) is 278 cm³/mol. The average Bonchev–Trinajstić information content (AvgIpc) is 3.96. The number of aliphatic hydroxyl groups excluding tert-OH is 1. The lowest BCUT2D eigenvalue weighted by Gasteiger charge is -2.40. The van der Waals surface area contributed by atoms with Gasteiger partial charge < -0.3 is 40.1 Å². The molecule has 3 amide bonds. The number of nitrogens with one attached hydrogen (secondary N) is 2. The number of phenolic OH excluding ortho intramolecular Hbond substituents is 1. The molecule has 2 aromatic heterocycles. The van der Waals surface area contributed by atoms with Crippen molar-refractivity contribution in [2.45, 2.75) is 104 Å². The third kappa shape index (κ3) is 11.0. The molecule has 0 spiro atoms. The number of ether oxygens (including phenoxy) is 2. The van der Waals surface area contributed by atoms with Gasteiger partial charge in [-0.15, -0.1) is 11.3 Å². The number of benzene rings is 4. The highest BCUT2D eigenvalue weighted by molar-refractivity contribution is 7.13. The van der Waals surface area contributed by atoms with Crippen LogP contribution in [0.3, 0.4) is 0 Å². The molecule has 0 aliphatic carbocycles.